The van der Waals surface area contributed by atoms with E-state index in [1.807, 2.05) is 36.5 Å². The minimum Gasteiger partial charge on any atom is -0.344 e. The molecule has 2 aromatic rings. The number of aromatic nitrogens is 2. The third-order valence-corrected chi connectivity index (χ3v) is 4.91. The lowest BCUT2D eigenvalue weighted by Crippen LogP contribution is -2.46. The van der Waals surface area contributed by atoms with E-state index < -0.39 is 6.04 Å². The second kappa shape index (κ2) is 8.17. The van der Waals surface area contributed by atoms with Crippen LogP contribution in [0.4, 0.5) is 0 Å². The number of hydrogen-bond acceptors (Lipinski definition) is 3. The number of likely N-dealkylation sites (N-methyl/N-ethyl adjacent to an activating group) is 1. The summed E-state index contributed by atoms with van der Waals surface area (Å²) in [7, 11) is 1.75. The summed E-state index contributed by atoms with van der Waals surface area (Å²) in [6.45, 7) is 2.20. The van der Waals surface area contributed by atoms with Crippen LogP contribution in [0.25, 0.3) is 5.69 Å². The monoisotopic (exact) mass is 354 g/mol. The fourth-order valence-electron chi connectivity index (χ4n) is 3.43. The van der Waals surface area contributed by atoms with E-state index in [0.29, 0.717) is 6.54 Å². The van der Waals surface area contributed by atoms with Gasteiger partial charge in [0.1, 0.15) is 6.04 Å². The Balaban J connectivity index is 1.55. The van der Waals surface area contributed by atoms with Crippen molar-refractivity contribution in [1.29, 1.82) is 0 Å². The fraction of sp³-hybridized carbons (Fsp3) is 0.450. The zero-order chi connectivity index (χ0) is 18.5. The lowest BCUT2D eigenvalue weighted by atomic mass is 10.1. The molecule has 0 unspecified atom stereocenters. The first-order valence-electron chi connectivity index (χ1n) is 9.19. The summed E-state index contributed by atoms with van der Waals surface area (Å²) in [6, 6.07) is 9.32. The summed E-state index contributed by atoms with van der Waals surface area (Å²) in [5.74, 6) is -0.0166. The van der Waals surface area contributed by atoms with Crippen molar-refractivity contribution in [2.45, 2.75) is 45.2 Å². The minimum absolute atomic E-state index is 0.00801. The van der Waals surface area contributed by atoms with Crippen LogP contribution in [0.5, 0.6) is 0 Å². The van der Waals surface area contributed by atoms with Crippen molar-refractivity contribution in [2.75, 3.05) is 7.05 Å². The average molecular weight is 354 g/mol. The first-order chi connectivity index (χ1) is 12.5. The maximum absolute atomic E-state index is 12.6. The molecule has 6 nitrogen and oxygen atoms in total. The number of nitrogens with zero attached hydrogens (tertiary/aromatic N) is 3. The predicted molar refractivity (Wildman–Crippen MR) is 99.6 cm³/mol. The Bertz CT molecular complexity index is 750. The standard InChI is InChI=1S/C20H26N4O2/c1-15(22-19(25)17-8-6-7-9-17)20(26)23(2)13-16-12-21-24(14-16)18-10-4-3-5-11-18/h3-5,10-12,14-15,17H,6-9,13H2,1-2H3,(H,22,25)/t15-/m1/s1. The van der Waals surface area contributed by atoms with E-state index in [1.54, 1.807) is 29.7 Å². The molecule has 1 fully saturated rings. The molecule has 0 aliphatic heterocycles. The van der Waals surface area contributed by atoms with Crippen LogP contribution in [0.2, 0.25) is 0 Å². The molecule has 1 atom stereocenters. The summed E-state index contributed by atoms with van der Waals surface area (Å²) in [5, 5.41) is 7.22. The summed E-state index contributed by atoms with van der Waals surface area (Å²) < 4.78 is 1.79. The zero-order valence-corrected chi connectivity index (χ0v) is 15.4. The molecule has 3 rings (SSSR count). The van der Waals surface area contributed by atoms with E-state index in [-0.39, 0.29) is 17.7 Å². The molecule has 1 aliphatic rings. The molecule has 1 aliphatic carbocycles. The number of carbonyl (C=O) groups is 2. The molecule has 0 saturated heterocycles. The maximum Gasteiger partial charge on any atom is 0.244 e. The molecule has 1 aromatic carbocycles. The van der Waals surface area contributed by atoms with E-state index >= 15 is 0 Å². The number of amides is 2. The Labute approximate surface area is 154 Å². The van der Waals surface area contributed by atoms with Crippen molar-refractivity contribution in [3.63, 3.8) is 0 Å². The Morgan fingerprint density at radius 1 is 1.27 bits per heavy atom. The van der Waals surface area contributed by atoms with E-state index in [9.17, 15) is 9.59 Å². The number of para-hydroxylation sites is 1. The van der Waals surface area contributed by atoms with Crippen LogP contribution in [0.15, 0.2) is 42.7 Å². The van der Waals surface area contributed by atoms with Gasteiger partial charge in [-0.1, -0.05) is 31.0 Å². The van der Waals surface area contributed by atoms with E-state index in [0.717, 1.165) is 36.9 Å². The zero-order valence-electron chi connectivity index (χ0n) is 15.4. The molecular weight excluding hydrogens is 328 g/mol. The summed E-state index contributed by atoms with van der Waals surface area (Å²) >= 11 is 0. The van der Waals surface area contributed by atoms with Crippen LogP contribution in [0, 0.1) is 5.92 Å². The van der Waals surface area contributed by atoms with Gasteiger partial charge < -0.3 is 10.2 Å². The highest BCUT2D eigenvalue weighted by Crippen LogP contribution is 2.24. The number of rotatable bonds is 6. The van der Waals surface area contributed by atoms with Crippen LogP contribution in [-0.4, -0.2) is 39.6 Å². The normalized spacial score (nSPS) is 15.6. The lowest BCUT2D eigenvalue weighted by molar-refractivity contribution is -0.136. The molecule has 138 valence electrons. The largest absolute Gasteiger partial charge is 0.344 e. The molecule has 1 saturated carbocycles. The molecule has 1 N–H and O–H groups in total. The fourth-order valence-corrected chi connectivity index (χ4v) is 3.43. The van der Waals surface area contributed by atoms with Crippen LogP contribution in [0.1, 0.15) is 38.2 Å². The SMILES string of the molecule is C[C@@H](NC(=O)C1CCCC1)C(=O)N(C)Cc1cnn(-c2ccccc2)c1. The molecule has 0 spiro atoms. The molecule has 1 aromatic heterocycles. The topological polar surface area (TPSA) is 67.2 Å². The number of carbonyl (C=O) groups excluding carboxylic acids is 2. The molecule has 0 radical (unpaired) electrons. The molecule has 26 heavy (non-hydrogen) atoms. The number of hydrogen-bond donors (Lipinski definition) is 1. The van der Waals surface area contributed by atoms with Crippen LogP contribution in [0.3, 0.4) is 0 Å². The van der Waals surface area contributed by atoms with Gasteiger partial charge in [0.05, 0.1) is 11.9 Å². The first kappa shape index (κ1) is 18.2. The van der Waals surface area contributed by atoms with Gasteiger partial charge in [-0.3, -0.25) is 9.59 Å². The Morgan fingerprint density at radius 2 is 1.96 bits per heavy atom. The highest BCUT2D eigenvalue weighted by atomic mass is 16.2. The van der Waals surface area contributed by atoms with Crippen LogP contribution in [-0.2, 0) is 16.1 Å². The third-order valence-electron chi connectivity index (χ3n) is 4.91. The Hall–Kier alpha value is -2.63. The van der Waals surface area contributed by atoms with Crippen molar-refractivity contribution in [3.8, 4) is 5.69 Å². The van der Waals surface area contributed by atoms with Crippen molar-refractivity contribution in [1.82, 2.24) is 20.0 Å². The van der Waals surface area contributed by atoms with Gasteiger partial charge in [0, 0.05) is 31.3 Å². The van der Waals surface area contributed by atoms with Crippen molar-refractivity contribution >= 4 is 11.8 Å². The minimum atomic E-state index is -0.516. The number of benzene rings is 1. The molecule has 2 amide bonds. The van der Waals surface area contributed by atoms with Gasteiger partial charge in [-0.25, -0.2) is 4.68 Å². The first-order valence-corrected chi connectivity index (χ1v) is 9.19. The maximum atomic E-state index is 12.6. The van der Waals surface area contributed by atoms with Gasteiger partial charge in [0.25, 0.3) is 0 Å². The van der Waals surface area contributed by atoms with Gasteiger partial charge in [-0.2, -0.15) is 5.10 Å². The van der Waals surface area contributed by atoms with Gasteiger partial charge >= 0.3 is 0 Å². The highest BCUT2D eigenvalue weighted by molar-refractivity contribution is 5.88. The van der Waals surface area contributed by atoms with Crippen molar-refractivity contribution < 1.29 is 9.59 Å². The smallest absolute Gasteiger partial charge is 0.244 e. The quantitative estimate of drug-likeness (QED) is 0.867. The van der Waals surface area contributed by atoms with Crippen molar-refractivity contribution in [3.05, 3.63) is 48.3 Å². The van der Waals surface area contributed by atoms with Gasteiger partial charge in [0.2, 0.25) is 11.8 Å². The highest BCUT2D eigenvalue weighted by Gasteiger charge is 2.26. The lowest BCUT2D eigenvalue weighted by Gasteiger charge is -2.22. The van der Waals surface area contributed by atoms with Gasteiger partial charge in [-0.15, -0.1) is 0 Å². The van der Waals surface area contributed by atoms with E-state index in [4.69, 9.17) is 0 Å². The third kappa shape index (κ3) is 4.31. The molecule has 0 bridgehead atoms. The summed E-state index contributed by atoms with van der Waals surface area (Å²) in [6.07, 6.45) is 7.75. The molecule has 1 heterocycles. The molecule has 6 heteroatoms. The predicted octanol–water partition coefficient (Wildman–Crippen LogP) is 2.53. The molecular formula is C20H26N4O2. The summed E-state index contributed by atoms with van der Waals surface area (Å²) in [5.41, 5.74) is 1.92. The second-order valence-corrected chi connectivity index (χ2v) is 7.03. The van der Waals surface area contributed by atoms with Gasteiger partial charge in [0.15, 0.2) is 0 Å². The van der Waals surface area contributed by atoms with Crippen LogP contribution < -0.4 is 5.32 Å². The summed E-state index contributed by atoms with van der Waals surface area (Å²) in [4.78, 5) is 26.4. The Kier molecular flexibility index (Phi) is 5.71. The van der Waals surface area contributed by atoms with E-state index in [2.05, 4.69) is 10.4 Å². The van der Waals surface area contributed by atoms with E-state index in [1.165, 1.54) is 0 Å². The number of nitrogens with one attached hydrogen (secondary N) is 1. The average Bonchev–Trinajstić information content (AvgIpc) is 3.33. The van der Waals surface area contributed by atoms with Crippen molar-refractivity contribution in [2.24, 2.45) is 5.92 Å². The second-order valence-electron chi connectivity index (χ2n) is 7.03. The van der Waals surface area contributed by atoms with Gasteiger partial charge in [-0.05, 0) is 31.9 Å². The Morgan fingerprint density at radius 3 is 2.65 bits per heavy atom. The van der Waals surface area contributed by atoms with Crippen LogP contribution >= 0.6 is 0 Å².